The maximum Gasteiger partial charge on any atom is 0.190 e. The molecule has 2 aromatic carbocycles. The van der Waals surface area contributed by atoms with Crippen LogP contribution in [0.15, 0.2) is 52.0 Å². The number of hydrogen-bond donors (Lipinski definition) is 0. The lowest BCUT2D eigenvalue weighted by molar-refractivity contribution is -0.0461. The van der Waals surface area contributed by atoms with Crippen molar-refractivity contribution in [1.82, 2.24) is 5.01 Å². The van der Waals surface area contributed by atoms with E-state index in [9.17, 15) is 0 Å². The minimum Gasteiger partial charge on any atom is -0.468 e. The molecule has 2 aliphatic rings. The SMILES string of the molecule is CCc1ccc(C2=NN3[C@@H](C2)c2cc(Br)ccc2O[C@H]3C(C)C)cc1. The molecule has 25 heavy (non-hydrogen) atoms. The zero-order valence-electron chi connectivity index (χ0n) is 14.9. The molecule has 0 aromatic heterocycles. The molecule has 3 nitrogen and oxygen atoms in total. The molecule has 2 aromatic rings. The summed E-state index contributed by atoms with van der Waals surface area (Å²) in [5.41, 5.74) is 4.94. The van der Waals surface area contributed by atoms with Crippen LogP contribution in [0.4, 0.5) is 0 Å². The van der Waals surface area contributed by atoms with E-state index in [1.807, 2.05) is 6.07 Å². The van der Waals surface area contributed by atoms with Gasteiger partial charge in [-0.3, -0.25) is 0 Å². The van der Waals surface area contributed by atoms with Crippen molar-refractivity contribution in [3.05, 3.63) is 63.6 Å². The molecule has 130 valence electrons. The Hall–Kier alpha value is -1.81. The maximum absolute atomic E-state index is 6.28. The fraction of sp³-hybridized carbons (Fsp3) is 0.381. The topological polar surface area (TPSA) is 24.8 Å². The number of benzene rings is 2. The summed E-state index contributed by atoms with van der Waals surface area (Å²) in [5.74, 6) is 1.35. The van der Waals surface area contributed by atoms with Crippen LogP contribution in [0.1, 0.15) is 49.9 Å². The van der Waals surface area contributed by atoms with Gasteiger partial charge in [0, 0.05) is 22.4 Å². The fourth-order valence-electron chi connectivity index (χ4n) is 3.63. The van der Waals surface area contributed by atoms with Crippen molar-refractivity contribution in [2.75, 3.05) is 0 Å². The van der Waals surface area contributed by atoms with Gasteiger partial charge in [0.25, 0.3) is 0 Å². The Morgan fingerprint density at radius 2 is 1.96 bits per heavy atom. The van der Waals surface area contributed by atoms with Crippen LogP contribution in [0.2, 0.25) is 0 Å². The van der Waals surface area contributed by atoms with Crippen LogP contribution in [0, 0.1) is 5.92 Å². The smallest absolute Gasteiger partial charge is 0.190 e. The number of hydrogen-bond acceptors (Lipinski definition) is 3. The van der Waals surface area contributed by atoms with Gasteiger partial charge in [-0.1, -0.05) is 61.0 Å². The van der Waals surface area contributed by atoms with Gasteiger partial charge in [0.2, 0.25) is 0 Å². The molecule has 0 N–H and O–H groups in total. The van der Waals surface area contributed by atoms with Crippen molar-refractivity contribution in [2.45, 2.75) is 45.9 Å². The molecule has 2 atom stereocenters. The monoisotopic (exact) mass is 398 g/mol. The Morgan fingerprint density at radius 1 is 1.20 bits per heavy atom. The molecule has 2 heterocycles. The zero-order chi connectivity index (χ0) is 17.6. The average Bonchev–Trinajstić information content (AvgIpc) is 3.06. The molecule has 0 unspecified atom stereocenters. The molecule has 4 heteroatoms. The predicted octanol–water partition coefficient (Wildman–Crippen LogP) is 5.54. The molecule has 0 radical (unpaired) electrons. The van der Waals surface area contributed by atoms with Gasteiger partial charge in [0.05, 0.1) is 11.8 Å². The van der Waals surface area contributed by atoms with Crippen LogP contribution >= 0.6 is 15.9 Å². The Morgan fingerprint density at radius 3 is 2.64 bits per heavy atom. The van der Waals surface area contributed by atoms with Crippen LogP contribution in [0.5, 0.6) is 5.75 Å². The summed E-state index contributed by atoms with van der Waals surface area (Å²) in [5, 5.41) is 7.15. The quantitative estimate of drug-likeness (QED) is 0.677. The Kier molecular flexibility index (Phi) is 4.32. The van der Waals surface area contributed by atoms with E-state index in [0.717, 1.165) is 28.8 Å². The van der Waals surface area contributed by atoms with Crippen molar-refractivity contribution in [2.24, 2.45) is 11.0 Å². The van der Waals surface area contributed by atoms with Crippen LogP contribution < -0.4 is 4.74 Å². The van der Waals surface area contributed by atoms with Gasteiger partial charge in [-0.2, -0.15) is 5.10 Å². The number of hydrazone groups is 1. The van der Waals surface area contributed by atoms with Gasteiger partial charge in [0.15, 0.2) is 6.23 Å². The van der Waals surface area contributed by atoms with Gasteiger partial charge >= 0.3 is 0 Å². The summed E-state index contributed by atoms with van der Waals surface area (Å²) < 4.78 is 7.36. The summed E-state index contributed by atoms with van der Waals surface area (Å²) >= 11 is 3.60. The van der Waals surface area contributed by atoms with Crippen molar-refractivity contribution >= 4 is 21.6 Å². The first-order chi connectivity index (χ1) is 12.1. The van der Waals surface area contributed by atoms with Crippen LogP contribution in [0.25, 0.3) is 0 Å². The van der Waals surface area contributed by atoms with E-state index < -0.39 is 0 Å². The summed E-state index contributed by atoms with van der Waals surface area (Å²) in [6.07, 6.45) is 1.96. The van der Waals surface area contributed by atoms with E-state index >= 15 is 0 Å². The molecule has 4 rings (SSSR count). The third-order valence-corrected chi connectivity index (χ3v) is 5.54. The summed E-state index contributed by atoms with van der Waals surface area (Å²) in [6, 6.07) is 15.3. The minimum atomic E-state index is -0.0221. The number of nitrogens with zero attached hydrogens (tertiary/aromatic N) is 2. The Balaban J connectivity index is 1.72. The van der Waals surface area contributed by atoms with Crippen LogP contribution in [-0.2, 0) is 6.42 Å². The average molecular weight is 399 g/mol. The second kappa shape index (κ2) is 6.49. The normalized spacial score (nSPS) is 21.6. The van der Waals surface area contributed by atoms with Gasteiger partial charge in [-0.25, -0.2) is 5.01 Å². The van der Waals surface area contributed by atoms with Crippen molar-refractivity contribution in [3.63, 3.8) is 0 Å². The van der Waals surface area contributed by atoms with Crippen molar-refractivity contribution in [3.8, 4) is 5.75 Å². The highest BCUT2D eigenvalue weighted by Crippen LogP contribution is 2.45. The van der Waals surface area contributed by atoms with E-state index in [0.29, 0.717) is 5.92 Å². The van der Waals surface area contributed by atoms with E-state index in [1.54, 1.807) is 0 Å². The minimum absolute atomic E-state index is 0.0221. The molecule has 0 fully saturated rings. The van der Waals surface area contributed by atoms with Crippen LogP contribution in [0.3, 0.4) is 0 Å². The lowest BCUT2D eigenvalue weighted by Crippen LogP contribution is -2.43. The third kappa shape index (κ3) is 2.97. The highest BCUT2D eigenvalue weighted by atomic mass is 79.9. The fourth-order valence-corrected chi connectivity index (χ4v) is 4.01. The number of rotatable bonds is 3. The number of fused-ring (bicyclic) bond motifs is 3. The van der Waals surface area contributed by atoms with E-state index in [-0.39, 0.29) is 12.3 Å². The van der Waals surface area contributed by atoms with Gasteiger partial charge < -0.3 is 4.74 Å². The molecule has 0 saturated heterocycles. The van der Waals surface area contributed by atoms with Gasteiger partial charge in [-0.15, -0.1) is 0 Å². The molecule has 0 spiro atoms. The third-order valence-electron chi connectivity index (χ3n) is 5.05. The highest BCUT2D eigenvalue weighted by Gasteiger charge is 2.41. The molecule has 0 saturated carbocycles. The highest BCUT2D eigenvalue weighted by molar-refractivity contribution is 9.10. The van der Waals surface area contributed by atoms with E-state index in [4.69, 9.17) is 9.84 Å². The van der Waals surface area contributed by atoms with Gasteiger partial charge in [0.1, 0.15) is 5.75 Å². The largest absolute Gasteiger partial charge is 0.468 e. The lowest BCUT2D eigenvalue weighted by Gasteiger charge is -2.40. The van der Waals surface area contributed by atoms with Crippen molar-refractivity contribution in [1.29, 1.82) is 0 Å². The molecular formula is C21H23BrN2O. The first-order valence-electron chi connectivity index (χ1n) is 8.98. The Bertz CT molecular complexity index is 813. The molecule has 2 aliphatic heterocycles. The number of ether oxygens (including phenoxy) is 1. The first-order valence-corrected chi connectivity index (χ1v) is 9.77. The van der Waals surface area contributed by atoms with E-state index in [1.165, 1.54) is 16.7 Å². The molecular weight excluding hydrogens is 376 g/mol. The lowest BCUT2D eigenvalue weighted by atomic mass is 9.95. The van der Waals surface area contributed by atoms with Crippen molar-refractivity contribution < 1.29 is 4.74 Å². The number of halogens is 1. The maximum atomic E-state index is 6.28. The summed E-state index contributed by atoms with van der Waals surface area (Å²) in [7, 11) is 0. The standard InChI is InChI=1S/C21H23BrN2O/c1-4-14-5-7-15(8-6-14)18-12-19-17-11-16(22)9-10-20(17)25-21(13(2)3)24(19)23-18/h5-11,13,19,21H,4,12H2,1-3H3/t19-,21-/m0/s1. The zero-order valence-corrected chi connectivity index (χ0v) is 16.5. The first kappa shape index (κ1) is 16.6. The molecule has 0 amide bonds. The number of aryl methyl sites for hydroxylation is 1. The van der Waals surface area contributed by atoms with Gasteiger partial charge in [-0.05, 0) is 35.7 Å². The second-order valence-corrected chi connectivity index (χ2v) is 8.05. The Labute approximate surface area is 157 Å². The summed E-state index contributed by atoms with van der Waals surface area (Å²) in [4.78, 5) is 0. The molecule has 0 aliphatic carbocycles. The van der Waals surface area contributed by atoms with E-state index in [2.05, 4.69) is 78.1 Å². The predicted molar refractivity (Wildman–Crippen MR) is 105 cm³/mol. The summed E-state index contributed by atoms with van der Waals surface area (Å²) in [6.45, 7) is 6.56. The molecule has 0 bridgehead atoms. The van der Waals surface area contributed by atoms with Crippen LogP contribution in [-0.4, -0.2) is 16.9 Å². The second-order valence-electron chi connectivity index (χ2n) is 7.13.